The Hall–Kier alpha value is -0.0800. The van der Waals surface area contributed by atoms with E-state index in [1.54, 1.807) is 0 Å². The standard InChI is InChI=1S/C14H28N2/c1-3-14(4-2,11-15)16-9-12-7-5-6-8-13(12)10-16/h12-13H,3-11,15H2,1-2H3. The third-order valence-corrected chi connectivity index (χ3v) is 5.34. The van der Waals surface area contributed by atoms with Gasteiger partial charge in [0.05, 0.1) is 0 Å². The largest absolute Gasteiger partial charge is 0.329 e. The minimum Gasteiger partial charge on any atom is -0.329 e. The van der Waals surface area contributed by atoms with Gasteiger partial charge < -0.3 is 5.73 Å². The third-order valence-electron chi connectivity index (χ3n) is 5.34. The second-order valence-corrected chi connectivity index (χ2v) is 5.85. The molecule has 1 saturated heterocycles. The monoisotopic (exact) mass is 224 g/mol. The molecule has 0 spiro atoms. The molecule has 2 fully saturated rings. The van der Waals surface area contributed by atoms with E-state index >= 15 is 0 Å². The second-order valence-electron chi connectivity index (χ2n) is 5.85. The van der Waals surface area contributed by atoms with Crippen molar-refractivity contribution >= 4 is 0 Å². The topological polar surface area (TPSA) is 29.3 Å². The van der Waals surface area contributed by atoms with Gasteiger partial charge in [-0.2, -0.15) is 0 Å². The Balaban J connectivity index is 2.05. The van der Waals surface area contributed by atoms with Gasteiger partial charge in [-0.1, -0.05) is 26.7 Å². The molecule has 0 amide bonds. The van der Waals surface area contributed by atoms with E-state index in [-0.39, 0.29) is 0 Å². The number of hydrogen-bond donors (Lipinski definition) is 1. The molecule has 0 aromatic rings. The van der Waals surface area contributed by atoms with Crippen molar-refractivity contribution in [2.24, 2.45) is 17.6 Å². The van der Waals surface area contributed by atoms with Crippen molar-refractivity contribution in [2.45, 2.75) is 57.9 Å². The summed E-state index contributed by atoms with van der Waals surface area (Å²) in [5.41, 5.74) is 6.36. The van der Waals surface area contributed by atoms with E-state index in [4.69, 9.17) is 5.73 Å². The van der Waals surface area contributed by atoms with Crippen LogP contribution in [-0.4, -0.2) is 30.1 Å². The van der Waals surface area contributed by atoms with E-state index in [1.165, 1.54) is 51.6 Å². The van der Waals surface area contributed by atoms with Crippen LogP contribution in [0.1, 0.15) is 52.4 Å². The fourth-order valence-corrected chi connectivity index (χ4v) is 3.91. The molecule has 2 unspecified atom stereocenters. The molecule has 16 heavy (non-hydrogen) atoms. The van der Waals surface area contributed by atoms with Crippen LogP contribution >= 0.6 is 0 Å². The van der Waals surface area contributed by atoms with Crippen molar-refractivity contribution in [1.82, 2.24) is 4.90 Å². The summed E-state index contributed by atoms with van der Waals surface area (Å²) in [5.74, 6) is 1.97. The number of fused-ring (bicyclic) bond motifs is 1. The van der Waals surface area contributed by atoms with Gasteiger partial charge in [0, 0.05) is 25.2 Å². The number of rotatable bonds is 4. The molecule has 2 atom stereocenters. The maximum atomic E-state index is 6.06. The Morgan fingerprint density at radius 3 is 1.94 bits per heavy atom. The first kappa shape index (κ1) is 12.4. The van der Waals surface area contributed by atoms with Gasteiger partial charge in [-0.05, 0) is 37.5 Å². The zero-order chi connectivity index (χ0) is 11.6. The normalized spacial score (nSPS) is 31.7. The lowest BCUT2D eigenvalue weighted by Crippen LogP contribution is -2.52. The predicted molar refractivity (Wildman–Crippen MR) is 69.4 cm³/mol. The zero-order valence-electron chi connectivity index (χ0n) is 11.0. The average Bonchev–Trinajstić information content (AvgIpc) is 2.76. The first-order valence-corrected chi connectivity index (χ1v) is 7.21. The Labute approximate surface area is 101 Å². The molecular formula is C14H28N2. The second kappa shape index (κ2) is 5.05. The maximum absolute atomic E-state index is 6.06. The van der Waals surface area contributed by atoms with Gasteiger partial charge in [-0.3, -0.25) is 4.90 Å². The van der Waals surface area contributed by atoms with Crippen LogP contribution in [-0.2, 0) is 0 Å². The summed E-state index contributed by atoms with van der Waals surface area (Å²) >= 11 is 0. The summed E-state index contributed by atoms with van der Waals surface area (Å²) in [6.07, 6.45) is 8.27. The fourth-order valence-electron chi connectivity index (χ4n) is 3.91. The van der Waals surface area contributed by atoms with Gasteiger partial charge in [0.25, 0.3) is 0 Å². The molecule has 2 rings (SSSR count). The summed E-state index contributed by atoms with van der Waals surface area (Å²) in [4.78, 5) is 2.73. The summed E-state index contributed by atoms with van der Waals surface area (Å²) in [6.45, 7) is 8.09. The summed E-state index contributed by atoms with van der Waals surface area (Å²) in [5, 5.41) is 0. The van der Waals surface area contributed by atoms with Crippen LogP contribution < -0.4 is 5.73 Å². The highest BCUT2D eigenvalue weighted by Crippen LogP contribution is 2.40. The quantitative estimate of drug-likeness (QED) is 0.795. The molecule has 1 aliphatic heterocycles. The van der Waals surface area contributed by atoms with Gasteiger partial charge in [-0.15, -0.1) is 0 Å². The maximum Gasteiger partial charge on any atom is 0.0326 e. The lowest BCUT2D eigenvalue weighted by Gasteiger charge is -2.40. The van der Waals surface area contributed by atoms with Gasteiger partial charge in [-0.25, -0.2) is 0 Å². The summed E-state index contributed by atoms with van der Waals surface area (Å²) in [7, 11) is 0. The number of likely N-dealkylation sites (tertiary alicyclic amines) is 1. The molecule has 2 nitrogen and oxygen atoms in total. The predicted octanol–water partition coefficient (Wildman–Crippen LogP) is 2.63. The van der Waals surface area contributed by atoms with Gasteiger partial charge in [0.2, 0.25) is 0 Å². The number of nitrogens with two attached hydrogens (primary N) is 1. The van der Waals surface area contributed by atoms with E-state index in [9.17, 15) is 0 Å². The lowest BCUT2D eigenvalue weighted by molar-refractivity contribution is 0.106. The van der Waals surface area contributed by atoms with Crippen molar-refractivity contribution in [2.75, 3.05) is 19.6 Å². The minimum atomic E-state index is 0.303. The van der Waals surface area contributed by atoms with Crippen LogP contribution in [0.3, 0.4) is 0 Å². The molecule has 0 aromatic heterocycles. The van der Waals surface area contributed by atoms with Crippen LogP contribution in [0.15, 0.2) is 0 Å². The smallest absolute Gasteiger partial charge is 0.0326 e. The van der Waals surface area contributed by atoms with E-state index in [1.807, 2.05) is 0 Å². The molecule has 94 valence electrons. The Bertz CT molecular complexity index is 201. The van der Waals surface area contributed by atoms with Gasteiger partial charge in [0.1, 0.15) is 0 Å². The lowest BCUT2D eigenvalue weighted by atomic mass is 9.82. The highest BCUT2D eigenvalue weighted by molar-refractivity contribution is 4.97. The van der Waals surface area contributed by atoms with Crippen molar-refractivity contribution in [3.8, 4) is 0 Å². The summed E-state index contributed by atoms with van der Waals surface area (Å²) < 4.78 is 0. The van der Waals surface area contributed by atoms with E-state index < -0.39 is 0 Å². The number of hydrogen-bond acceptors (Lipinski definition) is 2. The molecule has 2 aliphatic rings. The highest BCUT2D eigenvalue weighted by Gasteiger charge is 2.42. The van der Waals surface area contributed by atoms with Gasteiger partial charge >= 0.3 is 0 Å². The van der Waals surface area contributed by atoms with Crippen LogP contribution in [0.4, 0.5) is 0 Å². The Kier molecular flexibility index (Phi) is 3.91. The van der Waals surface area contributed by atoms with Crippen molar-refractivity contribution in [3.63, 3.8) is 0 Å². The summed E-state index contributed by atoms with van der Waals surface area (Å²) in [6, 6.07) is 0. The zero-order valence-corrected chi connectivity index (χ0v) is 11.0. The Morgan fingerprint density at radius 1 is 1.06 bits per heavy atom. The van der Waals surface area contributed by atoms with Gasteiger partial charge in [0.15, 0.2) is 0 Å². The van der Waals surface area contributed by atoms with Crippen molar-refractivity contribution < 1.29 is 0 Å². The van der Waals surface area contributed by atoms with Crippen LogP contribution in [0.2, 0.25) is 0 Å². The fraction of sp³-hybridized carbons (Fsp3) is 1.00. The molecule has 2 heteroatoms. The van der Waals surface area contributed by atoms with E-state index in [0.29, 0.717) is 5.54 Å². The first-order valence-electron chi connectivity index (χ1n) is 7.21. The van der Waals surface area contributed by atoms with Crippen LogP contribution in [0.5, 0.6) is 0 Å². The molecule has 0 radical (unpaired) electrons. The number of nitrogens with zero attached hydrogens (tertiary/aromatic N) is 1. The first-order chi connectivity index (χ1) is 7.75. The third kappa shape index (κ3) is 2.02. The van der Waals surface area contributed by atoms with E-state index in [0.717, 1.165) is 18.4 Å². The van der Waals surface area contributed by atoms with Crippen LogP contribution in [0, 0.1) is 11.8 Å². The molecule has 2 N–H and O–H groups in total. The van der Waals surface area contributed by atoms with E-state index in [2.05, 4.69) is 18.7 Å². The molecule has 1 saturated carbocycles. The molecule has 0 aromatic carbocycles. The molecule has 0 bridgehead atoms. The SMILES string of the molecule is CCC(CC)(CN)N1CC2CCCCC2C1. The van der Waals surface area contributed by atoms with Crippen LogP contribution in [0.25, 0.3) is 0 Å². The average molecular weight is 224 g/mol. The van der Waals surface area contributed by atoms with Crippen molar-refractivity contribution in [1.29, 1.82) is 0 Å². The highest BCUT2D eigenvalue weighted by atomic mass is 15.2. The molecule has 1 aliphatic carbocycles. The minimum absolute atomic E-state index is 0.303. The molecule has 1 heterocycles. The Morgan fingerprint density at radius 2 is 1.56 bits per heavy atom. The molecular weight excluding hydrogens is 196 g/mol. The van der Waals surface area contributed by atoms with Crippen molar-refractivity contribution in [3.05, 3.63) is 0 Å².